The molecule has 0 aromatic heterocycles. The van der Waals surface area contributed by atoms with Crippen LogP contribution in [-0.4, -0.2) is 23.6 Å². The number of thioether (sulfide) groups is 1. The fraction of sp³-hybridized carbons (Fsp3) is 0.0800. The van der Waals surface area contributed by atoms with E-state index in [1.807, 2.05) is 43.3 Å². The average Bonchev–Trinajstić information content (AvgIpc) is 3.13. The largest absolute Gasteiger partial charge is 0.483 e. The van der Waals surface area contributed by atoms with Crippen LogP contribution in [0.1, 0.15) is 11.1 Å². The molecule has 0 spiro atoms. The Labute approximate surface area is 214 Å². The van der Waals surface area contributed by atoms with Crippen molar-refractivity contribution in [2.45, 2.75) is 6.92 Å². The molecule has 0 aliphatic carbocycles. The van der Waals surface area contributed by atoms with Gasteiger partial charge in [0.25, 0.3) is 11.8 Å². The Morgan fingerprint density at radius 1 is 1.18 bits per heavy atom. The lowest BCUT2D eigenvalue weighted by Gasteiger charge is -2.11. The van der Waals surface area contributed by atoms with Crippen molar-refractivity contribution in [3.63, 3.8) is 0 Å². The summed E-state index contributed by atoms with van der Waals surface area (Å²) >= 11 is 10.6. The fourth-order valence-electron chi connectivity index (χ4n) is 3.08. The van der Waals surface area contributed by atoms with Gasteiger partial charge in [-0.05, 0) is 84.9 Å². The number of nitrogens with one attached hydrogen (secondary N) is 2. The summed E-state index contributed by atoms with van der Waals surface area (Å²) in [6.45, 7) is 1.78. The van der Waals surface area contributed by atoms with Crippen LogP contribution in [0.2, 0.25) is 5.02 Å². The molecule has 4 rings (SSSR count). The number of halogens is 2. The van der Waals surface area contributed by atoms with Gasteiger partial charge in [-0.15, -0.1) is 0 Å². The Bertz CT molecular complexity index is 1310. The number of amides is 2. The first-order valence-corrected chi connectivity index (χ1v) is 12.2. The van der Waals surface area contributed by atoms with E-state index in [9.17, 15) is 9.59 Å². The maximum Gasteiger partial charge on any atom is 0.264 e. The predicted octanol–water partition coefficient (Wildman–Crippen LogP) is 6.32. The highest BCUT2D eigenvalue weighted by Gasteiger charge is 2.24. The number of amidine groups is 1. The summed E-state index contributed by atoms with van der Waals surface area (Å²) < 4.78 is 6.59. The van der Waals surface area contributed by atoms with Gasteiger partial charge in [-0.3, -0.25) is 9.59 Å². The molecular weight excluding hydrogens is 538 g/mol. The summed E-state index contributed by atoms with van der Waals surface area (Å²) in [5, 5.41) is 6.65. The summed E-state index contributed by atoms with van der Waals surface area (Å²) in [5.74, 6) is -0.0649. The van der Waals surface area contributed by atoms with Crippen LogP contribution in [0.3, 0.4) is 0 Å². The van der Waals surface area contributed by atoms with E-state index >= 15 is 0 Å². The minimum atomic E-state index is -0.280. The number of carbonyl (C=O) groups excluding carboxylic acids is 2. The molecule has 34 heavy (non-hydrogen) atoms. The van der Waals surface area contributed by atoms with E-state index in [1.165, 1.54) is 11.8 Å². The zero-order valence-electron chi connectivity index (χ0n) is 18.0. The molecule has 9 heteroatoms. The minimum absolute atomic E-state index is 0.172. The number of aryl methyl sites for hydroxylation is 1. The second-order valence-electron chi connectivity index (χ2n) is 7.35. The lowest BCUT2D eigenvalue weighted by Crippen LogP contribution is -2.20. The number of rotatable bonds is 6. The molecule has 0 unspecified atom stereocenters. The lowest BCUT2D eigenvalue weighted by molar-refractivity contribution is -0.118. The highest BCUT2D eigenvalue weighted by Crippen LogP contribution is 2.32. The zero-order chi connectivity index (χ0) is 24.1. The first-order chi connectivity index (χ1) is 16.4. The normalized spacial score (nSPS) is 15.4. The highest BCUT2D eigenvalue weighted by atomic mass is 79.9. The Morgan fingerprint density at radius 3 is 2.74 bits per heavy atom. The fourth-order valence-corrected chi connectivity index (χ4v) is 4.42. The van der Waals surface area contributed by atoms with E-state index in [1.54, 1.807) is 36.4 Å². The molecule has 2 N–H and O–H groups in total. The molecule has 0 radical (unpaired) electrons. The summed E-state index contributed by atoms with van der Waals surface area (Å²) in [4.78, 5) is 29.8. The van der Waals surface area contributed by atoms with E-state index < -0.39 is 0 Å². The highest BCUT2D eigenvalue weighted by molar-refractivity contribution is 9.10. The Kier molecular flexibility index (Phi) is 7.72. The van der Waals surface area contributed by atoms with Gasteiger partial charge in [0.1, 0.15) is 5.75 Å². The summed E-state index contributed by atoms with van der Waals surface area (Å²) in [7, 11) is 0. The molecule has 1 aliphatic heterocycles. The van der Waals surface area contributed by atoms with Crippen LogP contribution in [-0.2, 0) is 9.59 Å². The van der Waals surface area contributed by atoms with Crippen LogP contribution in [0.5, 0.6) is 5.75 Å². The van der Waals surface area contributed by atoms with E-state index in [4.69, 9.17) is 16.3 Å². The Balaban J connectivity index is 1.47. The second kappa shape index (κ2) is 10.9. The number of benzene rings is 3. The van der Waals surface area contributed by atoms with Crippen molar-refractivity contribution in [1.29, 1.82) is 0 Å². The smallest absolute Gasteiger partial charge is 0.264 e. The van der Waals surface area contributed by atoms with Crippen LogP contribution in [0, 0.1) is 6.92 Å². The van der Waals surface area contributed by atoms with Crippen molar-refractivity contribution in [2.75, 3.05) is 11.9 Å². The van der Waals surface area contributed by atoms with E-state index in [-0.39, 0.29) is 18.4 Å². The topological polar surface area (TPSA) is 79.8 Å². The van der Waals surface area contributed by atoms with Gasteiger partial charge in [-0.2, -0.15) is 0 Å². The lowest BCUT2D eigenvalue weighted by atomic mass is 10.2. The molecule has 0 atom stereocenters. The Morgan fingerprint density at radius 2 is 1.97 bits per heavy atom. The first-order valence-electron chi connectivity index (χ1n) is 10.2. The van der Waals surface area contributed by atoms with Crippen molar-refractivity contribution >= 4 is 73.7 Å². The number of ether oxygens (including phenoxy) is 1. The Hall–Kier alpha value is -3.07. The van der Waals surface area contributed by atoms with Gasteiger partial charge in [-0.25, -0.2) is 4.99 Å². The predicted molar refractivity (Wildman–Crippen MR) is 142 cm³/mol. The maximum atomic E-state index is 12.5. The zero-order valence-corrected chi connectivity index (χ0v) is 21.1. The third-order valence-corrected chi connectivity index (χ3v) is 6.28. The van der Waals surface area contributed by atoms with E-state index in [2.05, 4.69) is 31.6 Å². The molecule has 172 valence electrons. The molecule has 2 amide bonds. The van der Waals surface area contributed by atoms with Crippen molar-refractivity contribution in [3.05, 3.63) is 92.3 Å². The number of aliphatic imine (C=N–C) groups is 1. The van der Waals surface area contributed by atoms with Crippen LogP contribution >= 0.6 is 39.3 Å². The van der Waals surface area contributed by atoms with Gasteiger partial charge in [0.05, 0.1) is 10.6 Å². The van der Waals surface area contributed by atoms with Crippen molar-refractivity contribution in [2.24, 2.45) is 4.99 Å². The SMILES string of the molecule is Cc1cccc(NC(=O)COc2ccc(Br)cc2/C=C2\SC(=Nc3ccc(Cl)cc3)NC2=O)c1. The summed E-state index contributed by atoms with van der Waals surface area (Å²) in [6.07, 6.45) is 1.71. The monoisotopic (exact) mass is 555 g/mol. The maximum absolute atomic E-state index is 12.5. The first kappa shape index (κ1) is 24.1. The van der Waals surface area contributed by atoms with E-state index in [0.29, 0.717) is 37.8 Å². The van der Waals surface area contributed by atoms with Gasteiger partial charge in [0.2, 0.25) is 0 Å². The minimum Gasteiger partial charge on any atom is -0.483 e. The third kappa shape index (κ3) is 6.50. The van der Waals surface area contributed by atoms with Crippen molar-refractivity contribution in [1.82, 2.24) is 5.32 Å². The molecule has 6 nitrogen and oxygen atoms in total. The second-order valence-corrected chi connectivity index (χ2v) is 9.73. The molecule has 1 heterocycles. The molecule has 1 fully saturated rings. The van der Waals surface area contributed by atoms with Crippen molar-refractivity contribution in [3.8, 4) is 5.75 Å². The summed E-state index contributed by atoms with van der Waals surface area (Å²) in [5.41, 5.74) is 3.09. The number of nitrogens with zero attached hydrogens (tertiary/aromatic N) is 1. The number of hydrogen-bond donors (Lipinski definition) is 2. The third-order valence-electron chi connectivity index (χ3n) is 4.63. The molecule has 1 aliphatic rings. The molecular formula is C25H19BrClN3O3S. The molecule has 0 bridgehead atoms. The number of anilines is 1. The van der Waals surface area contributed by atoms with Crippen LogP contribution in [0.4, 0.5) is 11.4 Å². The molecule has 3 aromatic rings. The van der Waals surface area contributed by atoms with Crippen LogP contribution in [0.25, 0.3) is 6.08 Å². The van der Waals surface area contributed by atoms with Crippen LogP contribution < -0.4 is 15.4 Å². The van der Waals surface area contributed by atoms with Gasteiger partial charge < -0.3 is 15.4 Å². The van der Waals surface area contributed by atoms with Gasteiger partial charge in [0.15, 0.2) is 11.8 Å². The number of carbonyl (C=O) groups is 2. The molecule has 1 saturated heterocycles. The standard InChI is InChI=1S/C25H19BrClN3O3S/c1-15-3-2-4-20(11-15)28-23(31)14-33-21-10-5-17(26)12-16(21)13-22-24(32)30-25(34-22)29-19-8-6-18(27)7-9-19/h2-13H,14H2,1H3,(H,28,31)(H,29,30,32)/b22-13-. The van der Waals surface area contributed by atoms with Crippen LogP contribution in [0.15, 0.2) is 81.1 Å². The van der Waals surface area contributed by atoms with Gasteiger partial charge in [0, 0.05) is 20.7 Å². The van der Waals surface area contributed by atoms with E-state index in [0.717, 1.165) is 10.0 Å². The summed E-state index contributed by atoms with van der Waals surface area (Å²) in [6, 6.07) is 19.9. The average molecular weight is 557 g/mol. The van der Waals surface area contributed by atoms with Gasteiger partial charge >= 0.3 is 0 Å². The molecule has 0 saturated carbocycles. The molecule has 3 aromatic carbocycles. The van der Waals surface area contributed by atoms with Gasteiger partial charge in [-0.1, -0.05) is 39.7 Å². The van der Waals surface area contributed by atoms with Crippen molar-refractivity contribution < 1.29 is 14.3 Å². The number of hydrogen-bond acceptors (Lipinski definition) is 5. The quantitative estimate of drug-likeness (QED) is 0.348.